The molecule has 0 aliphatic rings. The summed E-state index contributed by atoms with van der Waals surface area (Å²) in [4.78, 5) is 7.51. The molecule has 0 aliphatic carbocycles. The van der Waals surface area contributed by atoms with Crippen LogP contribution in [-0.2, 0) is 6.42 Å². The van der Waals surface area contributed by atoms with Crippen LogP contribution in [0.1, 0.15) is 5.69 Å². The fourth-order valence-electron chi connectivity index (χ4n) is 1.05. The average molecular weight is 208 g/mol. The molecule has 0 saturated heterocycles. The van der Waals surface area contributed by atoms with Crippen LogP contribution in [0.3, 0.4) is 0 Å². The first-order valence-electron chi connectivity index (χ1n) is 4.40. The molecule has 0 bridgehead atoms. The van der Waals surface area contributed by atoms with Gasteiger partial charge in [-0.15, -0.1) is 0 Å². The van der Waals surface area contributed by atoms with Crippen molar-refractivity contribution >= 4 is 5.95 Å². The van der Waals surface area contributed by atoms with E-state index < -0.39 is 5.82 Å². The zero-order chi connectivity index (χ0) is 10.5. The Morgan fingerprint density at radius 1 is 1.27 bits per heavy atom. The zero-order valence-corrected chi connectivity index (χ0v) is 7.81. The topological polar surface area (TPSA) is 79.4 Å². The van der Waals surface area contributed by atoms with Crippen LogP contribution >= 0.6 is 0 Å². The van der Waals surface area contributed by atoms with E-state index in [-0.39, 0.29) is 0 Å². The Bertz CT molecular complexity index is 398. The molecule has 2 aromatic rings. The maximum Gasteiger partial charge on any atom is 0.222 e. The lowest BCUT2D eigenvalue weighted by Crippen LogP contribution is -2.08. The fourth-order valence-corrected chi connectivity index (χ4v) is 1.05. The van der Waals surface area contributed by atoms with Crippen LogP contribution in [0.15, 0.2) is 18.6 Å². The van der Waals surface area contributed by atoms with Crippen LogP contribution in [0.5, 0.6) is 0 Å². The number of aromatic nitrogens is 5. The van der Waals surface area contributed by atoms with E-state index in [4.69, 9.17) is 0 Å². The minimum atomic E-state index is -0.447. The Morgan fingerprint density at radius 3 is 2.73 bits per heavy atom. The van der Waals surface area contributed by atoms with Crippen molar-refractivity contribution in [2.45, 2.75) is 6.42 Å². The van der Waals surface area contributed by atoms with Gasteiger partial charge in [-0.3, -0.25) is 0 Å². The van der Waals surface area contributed by atoms with E-state index in [1.165, 1.54) is 0 Å². The van der Waals surface area contributed by atoms with Gasteiger partial charge in [0, 0.05) is 13.0 Å². The zero-order valence-electron chi connectivity index (χ0n) is 7.81. The summed E-state index contributed by atoms with van der Waals surface area (Å²) in [5.74, 6) is -0.0445. The molecule has 0 fully saturated rings. The Balaban J connectivity index is 1.81. The van der Waals surface area contributed by atoms with Gasteiger partial charge in [0.25, 0.3) is 0 Å². The van der Waals surface area contributed by atoms with E-state index in [0.29, 0.717) is 18.9 Å². The van der Waals surface area contributed by atoms with Crippen molar-refractivity contribution in [2.24, 2.45) is 0 Å². The van der Waals surface area contributed by atoms with Crippen molar-refractivity contribution in [1.29, 1.82) is 0 Å². The van der Waals surface area contributed by atoms with Gasteiger partial charge >= 0.3 is 0 Å². The van der Waals surface area contributed by atoms with Gasteiger partial charge in [-0.05, 0) is 0 Å². The van der Waals surface area contributed by atoms with Crippen LogP contribution in [0.4, 0.5) is 10.3 Å². The highest BCUT2D eigenvalue weighted by Gasteiger charge is 1.98. The van der Waals surface area contributed by atoms with Crippen LogP contribution in [0.25, 0.3) is 0 Å². The maximum absolute atomic E-state index is 12.5. The second kappa shape index (κ2) is 4.45. The van der Waals surface area contributed by atoms with Crippen molar-refractivity contribution in [3.05, 3.63) is 30.1 Å². The summed E-state index contributed by atoms with van der Waals surface area (Å²) in [7, 11) is 0. The van der Waals surface area contributed by atoms with Crippen molar-refractivity contribution in [2.75, 3.05) is 11.9 Å². The van der Waals surface area contributed by atoms with Crippen LogP contribution in [-0.4, -0.2) is 31.9 Å². The number of nitrogens with one attached hydrogen (secondary N) is 2. The van der Waals surface area contributed by atoms with Crippen molar-refractivity contribution in [3.8, 4) is 0 Å². The molecule has 15 heavy (non-hydrogen) atoms. The summed E-state index contributed by atoms with van der Waals surface area (Å²) in [5.41, 5.74) is 0.851. The van der Waals surface area contributed by atoms with E-state index in [0.717, 1.165) is 18.1 Å². The van der Waals surface area contributed by atoms with Gasteiger partial charge in [-0.2, -0.15) is 15.4 Å². The lowest BCUT2D eigenvalue weighted by Gasteiger charge is -2.01. The van der Waals surface area contributed by atoms with Crippen molar-refractivity contribution in [3.63, 3.8) is 0 Å². The van der Waals surface area contributed by atoms with Gasteiger partial charge in [0.1, 0.15) is 0 Å². The molecule has 78 valence electrons. The van der Waals surface area contributed by atoms with Gasteiger partial charge in [-0.25, -0.2) is 14.4 Å². The predicted octanol–water partition coefficient (Wildman–Crippen LogP) is 0.388. The Kier molecular flexibility index (Phi) is 2.82. The first-order valence-corrected chi connectivity index (χ1v) is 4.40. The number of hydrogen-bond donors (Lipinski definition) is 2. The third-order valence-electron chi connectivity index (χ3n) is 1.75. The van der Waals surface area contributed by atoms with Crippen LogP contribution in [0.2, 0.25) is 0 Å². The molecule has 0 aliphatic heterocycles. The number of hydrogen-bond acceptors (Lipinski definition) is 5. The predicted molar refractivity (Wildman–Crippen MR) is 50.6 cm³/mol. The highest BCUT2D eigenvalue weighted by atomic mass is 19.1. The van der Waals surface area contributed by atoms with Crippen molar-refractivity contribution in [1.82, 2.24) is 25.4 Å². The van der Waals surface area contributed by atoms with Crippen LogP contribution < -0.4 is 5.32 Å². The van der Waals surface area contributed by atoms with Crippen molar-refractivity contribution < 1.29 is 4.39 Å². The third kappa shape index (κ3) is 2.70. The maximum atomic E-state index is 12.5. The highest BCUT2D eigenvalue weighted by molar-refractivity contribution is 5.22. The molecule has 0 unspecified atom stereocenters. The molecule has 0 radical (unpaired) electrons. The summed E-state index contributed by atoms with van der Waals surface area (Å²) in [6, 6.07) is 0. The number of halogens is 1. The largest absolute Gasteiger partial charge is 0.354 e. The third-order valence-corrected chi connectivity index (χ3v) is 1.75. The van der Waals surface area contributed by atoms with E-state index in [9.17, 15) is 4.39 Å². The molecule has 2 heterocycles. The van der Waals surface area contributed by atoms with E-state index in [2.05, 4.69) is 30.7 Å². The number of H-pyrrole nitrogens is 1. The molecule has 0 spiro atoms. The normalized spacial score (nSPS) is 10.2. The molecule has 2 N–H and O–H groups in total. The van der Waals surface area contributed by atoms with E-state index >= 15 is 0 Å². The molecule has 0 saturated carbocycles. The van der Waals surface area contributed by atoms with Gasteiger partial charge in [0.05, 0.1) is 24.3 Å². The van der Waals surface area contributed by atoms with Gasteiger partial charge in [-0.1, -0.05) is 0 Å². The summed E-state index contributed by atoms with van der Waals surface area (Å²) in [6.45, 7) is 0.623. The standard InChI is InChI=1S/C8H9FN6/c9-6-3-11-8(12-4-6)10-2-1-7-5-13-15-14-7/h3-5H,1-2H2,(H,10,11,12)(H,13,14,15). The molecule has 0 amide bonds. The Morgan fingerprint density at radius 2 is 2.07 bits per heavy atom. The first-order chi connectivity index (χ1) is 7.34. The molecular formula is C8H9FN6. The molecule has 7 heteroatoms. The summed E-state index contributed by atoms with van der Waals surface area (Å²) in [5, 5.41) is 13.0. The molecule has 0 aromatic carbocycles. The molecule has 6 nitrogen and oxygen atoms in total. The number of rotatable bonds is 4. The van der Waals surface area contributed by atoms with Gasteiger partial charge in [0.15, 0.2) is 5.82 Å². The lowest BCUT2D eigenvalue weighted by molar-refractivity contribution is 0.614. The van der Waals surface area contributed by atoms with Gasteiger partial charge in [0.2, 0.25) is 5.95 Å². The lowest BCUT2D eigenvalue weighted by atomic mass is 10.3. The summed E-state index contributed by atoms with van der Waals surface area (Å²) < 4.78 is 12.5. The first kappa shape index (κ1) is 9.50. The van der Waals surface area contributed by atoms with E-state index in [1.54, 1.807) is 6.20 Å². The summed E-state index contributed by atoms with van der Waals surface area (Å²) in [6.07, 6.45) is 4.58. The number of anilines is 1. The molecular weight excluding hydrogens is 199 g/mol. The quantitative estimate of drug-likeness (QED) is 0.759. The second-order valence-electron chi connectivity index (χ2n) is 2.86. The monoisotopic (exact) mass is 208 g/mol. The molecule has 2 rings (SSSR count). The minimum Gasteiger partial charge on any atom is -0.354 e. The van der Waals surface area contributed by atoms with E-state index in [1.807, 2.05) is 0 Å². The Labute approximate surface area is 85.0 Å². The number of aromatic amines is 1. The average Bonchev–Trinajstić information content (AvgIpc) is 2.74. The molecule has 2 aromatic heterocycles. The highest BCUT2D eigenvalue weighted by Crippen LogP contribution is 1.98. The fraction of sp³-hybridized carbons (Fsp3) is 0.250. The van der Waals surface area contributed by atoms with Crippen LogP contribution in [0, 0.1) is 5.82 Å². The van der Waals surface area contributed by atoms with Gasteiger partial charge < -0.3 is 5.32 Å². The SMILES string of the molecule is Fc1cnc(NCCc2cn[nH]n2)nc1. The number of nitrogens with zero attached hydrogens (tertiary/aromatic N) is 4. The molecule has 0 atom stereocenters. The second-order valence-corrected chi connectivity index (χ2v) is 2.86. The Hall–Kier alpha value is -2.05. The minimum absolute atomic E-state index is 0.403. The smallest absolute Gasteiger partial charge is 0.222 e. The summed E-state index contributed by atoms with van der Waals surface area (Å²) >= 11 is 0.